The molecule has 19 heavy (non-hydrogen) atoms. The minimum atomic E-state index is 0.602. The summed E-state index contributed by atoms with van der Waals surface area (Å²) in [4.78, 5) is 0. The van der Waals surface area contributed by atoms with Crippen LogP contribution in [0.3, 0.4) is 0 Å². The molecule has 0 unspecified atom stereocenters. The fraction of sp³-hybridized carbons (Fsp3) is 0.357. The molecular weight excluding hydrogens is 281 g/mol. The summed E-state index contributed by atoms with van der Waals surface area (Å²) in [6.07, 6.45) is 2.90. The Morgan fingerprint density at radius 3 is 2.74 bits per heavy atom. The molecule has 0 radical (unpaired) electrons. The van der Waals surface area contributed by atoms with E-state index in [0.29, 0.717) is 27.3 Å². The van der Waals surface area contributed by atoms with Crippen LogP contribution in [0.15, 0.2) is 24.4 Å². The Morgan fingerprint density at radius 1 is 1.32 bits per heavy atom. The smallest absolute Gasteiger partial charge is 0.117 e. The van der Waals surface area contributed by atoms with Crippen molar-refractivity contribution in [1.82, 2.24) is 9.78 Å². The molecule has 0 aliphatic carbocycles. The Balaban J connectivity index is 2.32. The van der Waals surface area contributed by atoms with E-state index in [-0.39, 0.29) is 0 Å². The maximum atomic E-state index is 6.18. The second-order valence-electron chi connectivity index (χ2n) is 5.00. The van der Waals surface area contributed by atoms with Crippen molar-refractivity contribution in [3.8, 4) is 11.3 Å². The average molecular weight is 298 g/mol. The van der Waals surface area contributed by atoms with Gasteiger partial charge in [0.25, 0.3) is 0 Å². The number of hydrogen-bond acceptors (Lipinski definition) is 2. The number of halogens is 2. The van der Waals surface area contributed by atoms with Gasteiger partial charge in [-0.3, -0.25) is 4.68 Å². The van der Waals surface area contributed by atoms with Crippen LogP contribution in [0, 0.1) is 5.92 Å². The van der Waals surface area contributed by atoms with Crippen LogP contribution in [0.25, 0.3) is 11.3 Å². The van der Waals surface area contributed by atoms with Crippen molar-refractivity contribution < 1.29 is 0 Å². The number of anilines is 1. The molecule has 5 heteroatoms. The van der Waals surface area contributed by atoms with Gasteiger partial charge in [-0.25, -0.2) is 0 Å². The van der Waals surface area contributed by atoms with E-state index in [1.54, 1.807) is 18.2 Å². The van der Waals surface area contributed by atoms with E-state index in [0.717, 1.165) is 18.5 Å². The predicted molar refractivity (Wildman–Crippen MR) is 81.6 cm³/mol. The summed E-state index contributed by atoms with van der Waals surface area (Å²) in [5, 5.41) is 5.73. The summed E-state index contributed by atoms with van der Waals surface area (Å²) in [5.41, 5.74) is 8.10. The molecule has 0 spiro atoms. The largest absolute Gasteiger partial charge is 0.396 e. The average Bonchev–Trinajstić information content (AvgIpc) is 2.71. The monoisotopic (exact) mass is 297 g/mol. The third kappa shape index (κ3) is 3.43. The second-order valence-corrected chi connectivity index (χ2v) is 5.85. The van der Waals surface area contributed by atoms with Gasteiger partial charge in [-0.15, -0.1) is 0 Å². The molecule has 1 aromatic heterocycles. The zero-order valence-corrected chi connectivity index (χ0v) is 12.5. The molecule has 0 aliphatic heterocycles. The third-order valence-corrected chi connectivity index (χ3v) is 3.47. The number of nitrogens with two attached hydrogens (primary N) is 1. The van der Waals surface area contributed by atoms with Crippen LogP contribution < -0.4 is 5.73 Å². The SMILES string of the molecule is CC(C)CCn1cc(N)c(-c2cc(Cl)ccc2Cl)n1. The van der Waals surface area contributed by atoms with Gasteiger partial charge in [0.1, 0.15) is 5.69 Å². The molecule has 0 atom stereocenters. The lowest BCUT2D eigenvalue weighted by atomic mass is 10.1. The molecule has 2 N–H and O–H groups in total. The Kier molecular flexibility index (Phi) is 4.38. The van der Waals surface area contributed by atoms with Gasteiger partial charge in [0.2, 0.25) is 0 Å². The highest BCUT2D eigenvalue weighted by Gasteiger charge is 2.12. The number of hydrogen-bond donors (Lipinski definition) is 1. The lowest BCUT2D eigenvalue weighted by Gasteiger charge is -2.04. The first kappa shape index (κ1) is 14.2. The highest BCUT2D eigenvalue weighted by atomic mass is 35.5. The summed E-state index contributed by atoms with van der Waals surface area (Å²) in [5.74, 6) is 0.628. The molecule has 0 amide bonds. The van der Waals surface area contributed by atoms with Gasteiger partial charge < -0.3 is 5.73 Å². The van der Waals surface area contributed by atoms with E-state index in [1.165, 1.54) is 0 Å². The van der Waals surface area contributed by atoms with Crippen molar-refractivity contribution in [3.63, 3.8) is 0 Å². The molecule has 0 aliphatic rings. The molecule has 0 saturated carbocycles. The van der Waals surface area contributed by atoms with Crippen molar-refractivity contribution in [2.45, 2.75) is 26.8 Å². The normalized spacial score (nSPS) is 11.2. The van der Waals surface area contributed by atoms with Crippen LogP contribution in [-0.2, 0) is 6.54 Å². The first-order chi connectivity index (χ1) is 8.97. The number of aryl methyl sites for hydroxylation is 1. The minimum Gasteiger partial charge on any atom is -0.396 e. The Hall–Kier alpha value is -1.19. The molecule has 0 saturated heterocycles. The van der Waals surface area contributed by atoms with Gasteiger partial charge in [-0.2, -0.15) is 5.10 Å². The van der Waals surface area contributed by atoms with Crippen LogP contribution >= 0.6 is 23.2 Å². The summed E-state index contributed by atoms with van der Waals surface area (Å²) >= 11 is 12.2. The molecule has 3 nitrogen and oxygen atoms in total. The highest BCUT2D eigenvalue weighted by Crippen LogP contribution is 2.32. The summed E-state index contributed by atoms with van der Waals surface area (Å²) in [6, 6.07) is 5.29. The zero-order valence-electron chi connectivity index (χ0n) is 11.0. The van der Waals surface area contributed by atoms with Crippen LogP contribution in [-0.4, -0.2) is 9.78 Å². The van der Waals surface area contributed by atoms with Gasteiger partial charge >= 0.3 is 0 Å². The van der Waals surface area contributed by atoms with Crippen molar-refractivity contribution in [2.24, 2.45) is 5.92 Å². The second kappa shape index (κ2) is 5.85. The standard InChI is InChI=1S/C14H17Cl2N3/c1-9(2)5-6-19-8-13(17)14(18-19)11-7-10(15)3-4-12(11)16/h3-4,7-9H,5-6,17H2,1-2H3. The van der Waals surface area contributed by atoms with Gasteiger partial charge in [-0.05, 0) is 30.5 Å². The van der Waals surface area contributed by atoms with E-state index in [2.05, 4.69) is 18.9 Å². The van der Waals surface area contributed by atoms with E-state index in [4.69, 9.17) is 28.9 Å². The molecule has 1 heterocycles. The number of rotatable bonds is 4. The van der Waals surface area contributed by atoms with Crippen molar-refractivity contribution in [2.75, 3.05) is 5.73 Å². The Morgan fingerprint density at radius 2 is 2.05 bits per heavy atom. The van der Waals surface area contributed by atoms with Gasteiger partial charge in [-0.1, -0.05) is 37.0 Å². The van der Waals surface area contributed by atoms with Crippen molar-refractivity contribution in [1.29, 1.82) is 0 Å². The van der Waals surface area contributed by atoms with Crippen LogP contribution in [0.1, 0.15) is 20.3 Å². The van der Waals surface area contributed by atoms with Gasteiger partial charge in [0.05, 0.1) is 10.7 Å². The first-order valence-corrected chi connectivity index (χ1v) is 7.01. The number of nitrogen functional groups attached to an aromatic ring is 1. The zero-order chi connectivity index (χ0) is 14.0. The fourth-order valence-corrected chi connectivity index (χ4v) is 2.21. The lowest BCUT2D eigenvalue weighted by Crippen LogP contribution is -2.02. The minimum absolute atomic E-state index is 0.602. The molecule has 102 valence electrons. The lowest BCUT2D eigenvalue weighted by molar-refractivity contribution is 0.488. The molecule has 2 aromatic rings. The van der Waals surface area contributed by atoms with Gasteiger partial charge in [0.15, 0.2) is 0 Å². The van der Waals surface area contributed by atoms with Crippen LogP contribution in [0.5, 0.6) is 0 Å². The van der Waals surface area contributed by atoms with Gasteiger partial charge in [0, 0.05) is 23.3 Å². The molecule has 0 fully saturated rings. The fourth-order valence-electron chi connectivity index (χ4n) is 1.83. The van der Waals surface area contributed by atoms with Crippen LogP contribution in [0.2, 0.25) is 10.0 Å². The number of aromatic nitrogens is 2. The Labute approximate surface area is 123 Å². The summed E-state index contributed by atoms with van der Waals surface area (Å²) < 4.78 is 1.86. The van der Waals surface area contributed by atoms with E-state index >= 15 is 0 Å². The maximum Gasteiger partial charge on any atom is 0.117 e. The summed E-state index contributed by atoms with van der Waals surface area (Å²) in [6.45, 7) is 5.21. The molecule has 1 aromatic carbocycles. The third-order valence-electron chi connectivity index (χ3n) is 2.91. The first-order valence-electron chi connectivity index (χ1n) is 6.25. The van der Waals surface area contributed by atoms with E-state index < -0.39 is 0 Å². The van der Waals surface area contributed by atoms with E-state index in [9.17, 15) is 0 Å². The van der Waals surface area contributed by atoms with Crippen LogP contribution in [0.4, 0.5) is 5.69 Å². The van der Waals surface area contributed by atoms with E-state index in [1.807, 2.05) is 10.9 Å². The van der Waals surface area contributed by atoms with Crippen molar-refractivity contribution >= 4 is 28.9 Å². The highest BCUT2D eigenvalue weighted by molar-refractivity contribution is 6.35. The topological polar surface area (TPSA) is 43.8 Å². The predicted octanol–water partition coefficient (Wildman–Crippen LogP) is 4.49. The Bertz CT molecular complexity index is 576. The molecule has 0 bridgehead atoms. The number of nitrogens with zero attached hydrogens (tertiary/aromatic N) is 2. The number of benzene rings is 1. The van der Waals surface area contributed by atoms with Crippen molar-refractivity contribution in [3.05, 3.63) is 34.4 Å². The summed E-state index contributed by atoms with van der Waals surface area (Å²) in [7, 11) is 0. The molecular formula is C14H17Cl2N3. The quantitative estimate of drug-likeness (QED) is 0.904. The maximum absolute atomic E-state index is 6.18. The molecule has 2 rings (SSSR count).